The lowest BCUT2D eigenvalue weighted by Gasteiger charge is -2.05. The minimum Gasteiger partial charge on any atom is -0.466 e. The van der Waals surface area contributed by atoms with Crippen LogP contribution in [-0.4, -0.2) is 22.9 Å². The maximum absolute atomic E-state index is 11.8. The Bertz CT molecular complexity index is 618. The van der Waals surface area contributed by atoms with E-state index in [1.807, 2.05) is 35.0 Å². The minimum absolute atomic E-state index is 0.157. The normalized spacial score (nSPS) is 10.6. The van der Waals surface area contributed by atoms with Crippen LogP contribution in [0.2, 0.25) is 0 Å². The van der Waals surface area contributed by atoms with Crippen molar-refractivity contribution in [3.8, 4) is 0 Å². The number of rotatable bonds is 5. The second kappa shape index (κ2) is 6.02. The van der Waals surface area contributed by atoms with Crippen molar-refractivity contribution in [2.75, 3.05) is 6.61 Å². The third kappa shape index (κ3) is 3.44. The van der Waals surface area contributed by atoms with Crippen LogP contribution in [0.4, 0.5) is 0 Å². The highest BCUT2D eigenvalue weighted by molar-refractivity contribution is 9.10. The lowest BCUT2D eigenvalue weighted by molar-refractivity contribution is -0.145. The fourth-order valence-corrected chi connectivity index (χ4v) is 2.26. The van der Waals surface area contributed by atoms with Gasteiger partial charge in [-0.25, -0.2) is 0 Å². The van der Waals surface area contributed by atoms with Crippen molar-refractivity contribution in [3.05, 3.63) is 34.9 Å². The van der Waals surface area contributed by atoms with Gasteiger partial charge in [0.15, 0.2) is 5.78 Å². The maximum atomic E-state index is 11.8. The van der Waals surface area contributed by atoms with E-state index in [1.165, 1.54) is 0 Å². The van der Waals surface area contributed by atoms with Gasteiger partial charge in [-0.3, -0.25) is 9.59 Å². The number of fused-ring (bicyclic) bond motifs is 1. The number of halogens is 1. The first-order valence-electron chi connectivity index (χ1n) is 6.02. The van der Waals surface area contributed by atoms with Gasteiger partial charge in [0, 0.05) is 16.2 Å². The third-order valence-electron chi connectivity index (χ3n) is 2.73. The first kappa shape index (κ1) is 13.8. The molecule has 0 atom stereocenters. The number of hydrogen-bond acceptors (Lipinski definition) is 3. The number of hydrogen-bond donors (Lipinski definition) is 0. The number of Topliss-reactive ketones (excluding diaryl/α,β-unsaturated/α-hetero) is 1. The number of aromatic nitrogens is 1. The molecule has 2 aromatic rings. The highest BCUT2D eigenvalue weighted by Gasteiger charge is 2.12. The second-order valence-corrected chi connectivity index (χ2v) is 5.08. The molecule has 1 aromatic heterocycles. The summed E-state index contributed by atoms with van der Waals surface area (Å²) in [5, 5.41) is 1.06. The Labute approximate surface area is 119 Å². The van der Waals surface area contributed by atoms with Crippen molar-refractivity contribution in [2.24, 2.45) is 0 Å². The Morgan fingerprint density at radius 2 is 2.11 bits per heavy atom. The van der Waals surface area contributed by atoms with Crippen molar-refractivity contribution in [3.63, 3.8) is 0 Å². The maximum Gasteiger partial charge on any atom is 0.313 e. The number of carbonyl (C=O) groups is 2. The van der Waals surface area contributed by atoms with Gasteiger partial charge in [-0.2, -0.15) is 0 Å². The summed E-state index contributed by atoms with van der Waals surface area (Å²) in [5.74, 6) is -0.624. The van der Waals surface area contributed by atoms with Gasteiger partial charge in [-0.05, 0) is 30.5 Å². The van der Waals surface area contributed by atoms with E-state index in [0.717, 1.165) is 15.4 Å². The summed E-state index contributed by atoms with van der Waals surface area (Å²) < 4.78 is 7.55. The van der Waals surface area contributed by atoms with Gasteiger partial charge >= 0.3 is 5.97 Å². The monoisotopic (exact) mass is 323 g/mol. The molecule has 1 aromatic carbocycles. The number of esters is 1. The van der Waals surface area contributed by atoms with E-state index in [0.29, 0.717) is 6.61 Å². The van der Waals surface area contributed by atoms with Crippen LogP contribution < -0.4 is 0 Å². The summed E-state index contributed by atoms with van der Waals surface area (Å²) >= 11 is 3.41. The quantitative estimate of drug-likeness (QED) is 0.628. The van der Waals surface area contributed by atoms with Crippen LogP contribution in [0.1, 0.15) is 13.3 Å². The zero-order chi connectivity index (χ0) is 13.8. The molecule has 100 valence electrons. The van der Waals surface area contributed by atoms with Gasteiger partial charge in [-0.1, -0.05) is 22.0 Å². The summed E-state index contributed by atoms with van der Waals surface area (Å²) in [4.78, 5) is 23.0. The molecule has 0 aliphatic carbocycles. The van der Waals surface area contributed by atoms with Crippen LogP contribution in [0.5, 0.6) is 0 Å². The lowest BCUT2D eigenvalue weighted by atomic mass is 10.2. The molecule has 19 heavy (non-hydrogen) atoms. The number of carbonyl (C=O) groups excluding carboxylic acids is 2. The molecule has 0 aliphatic heterocycles. The molecular formula is C14H14BrNO3. The minimum atomic E-state index is -0.467. The van der Waals surface area contributed by atoms with E-state index >= 15 is 0 Å². The molecule has 0 spiro atoms. The first-order chi connectivity index (χ1) is 9.10. The Balaban J connectivity index is 2.11. The molecule has 0 unspecified atom stereocenters. The van der Waals surface area contributed by atoms with Gasteiger partial charge in [0.2, 0.25) is 0 Å². The Morgan fingerprint density at radius 3 is 2.84 bits per heavy atom. The van der Waals surface area contributed by atoms with Crippen molar-refractivity contribution in [2.45, 2.75) is 19.9 Å². The molecule has 4 nitrogen and oxygen atoms in total. The zero-order valence-corrected chi connectivity index (χ0v) is 12.1. The van der Waals surface area contributed by atoms with Gasteiger partial charge < -0.3 is 9.30 Å². The molecule has 1 heterocycles. The van der Waals surface area contributed by atoms with Crippen LogP contribution in [-0.2, 0) is 20.9 Å². The van der Waals surface area contributed by atoms with E-state index < -0.39 is 5.97 Å². The Kier molecular flexibility index (Phi) is 4.37. The lowest BCUT2D eigenvalue weighted by Crippen LogP contribution is -2.15. The summed E-state index contributed by atoms with van der Waals surface area (Å²) in [7, 11) is 0. The van der Waals surface area contributed by atoms with E-state index in [-0.39, 0.29) is 18.7 Å². The predicted octanol–water partition coefficient (Wildman–Crippen LogP) is 2.93. The fourth-order valence-electron chi connectivity index (χ4n) is 1.91. The van der Waals surface area contributed by atoms with Gasteiger partial charge in [0.25, 0.3) is 0 Å². The molecule has 0 saturated heterocycles. The van der Waals surface area contributed by atoms with Crippen molar-refractivity contribution >= 4 is 38.6 Å². The van der Waals surface area contributed by atoms with Crippen LogP contribution in [0.25, 0.3) is 10.9 Å². The van der Waals surface area contributed by atoms with Crippen LogP contribution in [0.15, 0.2) is 34.9 Å². The first-order valence-corrected chi connectivity index (χ1v) is 6.81. The largest absolute Gasteiger partial charge is 0.466 e. The molecule has 0 aliphatic rings. The molecule has 0 N–H and O–H groups in total. The van der Waals surface area contributed by atoms with Crippen LogP contribution in [0, 0.1) is 0 Å². The molecule has 5 heteroatoms. The van der Waals surface area contributed by atoms with Crippen molar-refractivity contribution in [1.29, 1.82) is 0 Å². The number of ether oxygens (including phenoxy) is 1. The summed E-state index contributed by atoms with van der Waals surface area (Å²) in [6, 6.07) is 7.82. The van der Waals surface area contributed by atoms with Crippen LogP contribution in [0.3, 0.4) is 0 Å². The van der Waals surface area contributed by atoms with E-state index in [9.17, 15) is 9.59 Å². The van der Waals surface area contributed by atoms with E-state index in [1.54, 1.807) is 6.92 Å². The number of benzene rings is 1. The summed E-state index contributed by atoms with van der Waals surface area (Å²) in [5.41, 5.74) is 0.964. The summed E-state index contributed by atoms with van der Waals surface area (Å²) in [6.07, 6.45) is 1.67. The third-order valence-corrected chi connectivity index (χ3v) is 3.22. The average Bonchev–Trinajstić information content (AvgIpc) is 2.72. The number of nitrogens with zero attached hydrogens (tertiary/aromatic N) is 1. The van der Waals surface area contributed by atoms with Gasteiger partial charge in [0.05, 0.1) is 13.2 Å². The molecule has 0 bridgehead atoms. The highest BCUT2D eigenvalue weighted by Crippen LogP contribution is 2.21. The smallest absolute Gasteiger partial charge is 0.313 e. The SMILES string of the molecule is CCOC(=O)CC(=O)Cn1ccc2ccc(Br)cc21. The molecular weight excluding hydrogens is 310 g/mol. The zero-order valence-electron chi connectivity index (χ0n) is 10.6. The van der Waals surface area contributed by atoms with Crippen molar-refractivity contribution < 1.29 is 14.3 Å². The molecule has 2 rings (SSSR count). The van der Waals surface area contributed by atoms with E-state index in [4.69, 9.17) is 4.74 Å². The van der Waals surface area contributed by atoms with Crippen LogP contribution >= 0.6 is 15.9 Å². The standard InChI is InChI=1S/C14H14BrNO3/c1-2-19-14(18)8-12(17)9-16-6-5-10-3-4-11(15)7-13(10)16/h3-7H,2,8-9H2,1H3. The van der Waals surface area contributed by atoms with Gasteiger partial charge in [0.1, 0.15) is 6.42 Å². The highest BCUT2D eigenvalue weighted by atomic mass is 79.9. The molecule has 0 fully saturated rings. The molecule has 0 saturated carbocycles. The molecule has 0 amide bonds. The average molecular weight is 324 g/mol. The van der Waals surface area contributed by atoms with E-state index in [2.05, 4.69) is 15.9 Å². The fraction of sp³-hybridized carbons (Fsp3) is 0.286. The second-order valence-electron chi connectivity index (χ2n) is 4.17. The van der Waals surface area contributed by atoms with Crippen molar-refractivity contribution in [1.82, 2.24) is 4.57 Å². The Morgan fingerprint density at radius 1 is 1.32 bits per heavy atom. The van der Waals surface area contributed by atoms with Gasteiger partial charge in [-0.15, -0.1) is 0 Å². The molecule has 0 radical (unpaired) electrons. The number of ketones is 1. The summed E-state index contributed by atoms with van der Waals surface area (Å²) in [6.45, 7) is 2.20. The topological polar surface area (TPSA) is 48.3 Å². The predicted molar refractivity (Wildman–Crippen MR) is 75.9 cm³/mol. The Hall–Kier alpha value is -1.62.